The van der Waals surface area contributed by atoms with Crippen LogP contribution >= 0.6 is 0 Å². The van der Waals surface area contributed by atoms with Crippen molar-refractivity contribution in [1.82, 2.24) is 10.0 Å². The normalized spacial score (nSPS) is 12.9. The molecular formula is C13H21N3O3S. The zero-order valence-corrected chi connectivity index (χ0v) is 12.3. The quantitative estimate of drug-likeness (QED) is 0.608. The van der Waals surface area contributed by atoms with Crippen LogP contribution in [-0.2, 0) is 21.2 Å². The third kappa shape index (κ3) is 6.14. The molecule has 112 valence electrons. The van der Waals surface area contributed by atoms with Crippen LogP contribution in [0.2, 0.25) is 0 Å². The van der Waals surface area contributed by atoms with Gasteiger partial charge in [-0.2, -0.15) is 0 Å². The van der Waals surface area contributed by atoms with E-state index in [4.69, 9.17) is 5.73 Å². The van der Waals surface area contributed by atoms with E-state index in [0.29, 0.717) is 12.8 Å². The lowest BCUT2D eigenvalue weighted by Gasteiger charge is -2.12. The zero-order chi connectivity index (χ0) is 15.0. The first-order valence-electron chi connectivity index (χ1n) is 6.43. The van der Waals surface area contributed by atoms with Gasteiger partial charge in [-0.25, -0.2) is 13.1 Å². The fourth-order valence-electron chi connectivity index (χ4n) is 1.64. The van der Waals surface area contributed by atoms with Gasteiger partial charge in [0, 0.05) is 6.54 Å². The molecule has 0 bridgehead atoms. The lowest BCUT2D eigenvalue weighted by molar-refractivity contribution is -0.122. The Kier molecular flexibility index (Phi) is 6.63. The van der Waals surface area contributed by atoms with Crippen molar-refractivity contribution < 1.29 is 13.2 Å². The first kappa shape index (κ1) is 16.6. The summed E-state index contributed by atoms with van der Waals surface area (Å²) in [6.45, 7) is 0.0566. The summed E-state index contributed by atoms with van der Waals surface area (Å²) in [6.07, 6.45) is 1.23. The molecule has 0 saturated heterocycles. The minimum absolute atomic E-state index is 0.0566. The third-order valence-electron chi connectivity index (χ3n) is 2.90. The van der Waals surface area contributed by atoms with Crippen LogP contribution < -0.4 is 15.8 Å². The summed E-state index contributed by atoms with van der Waals surface area (Å²) in [5.41, 5.74) is 6.89. The highest BCUT2D eigenvalue weighted by molar-refractivity contribution is 7.89. The highest BCUT2D eigenvalue weighted by atomic mass is 32.2. The number of benzene rings is 1. The molecule has 1 rings (SSSR count). The molecule has 1 aromatic rings. The van der Waals surface area contributed by atoms with Crippen LogP contribution in [0.25, 0.3) is 0 Å². The summed E-state index contributed by atoms with van der Waals surface area (Å²) in [7, 11) is -1.97. The predicted molar refractivity (Wildman–Crippen MR) is 78.6 cm³/mol. The number of aryl methyl sites for hydroxylation is 1. The average Bonchev–Trinajstić information content (AvgIpc) is 2.45. The van der Waals surface area contributed by atoms with Crippen LogP contribution in [0.4, 0.5) is 0 Å². The monoisotopic (exact) mass is 299 g/mol. The second kappa shape index (κ2) is 7.98. The van der Waals surface area contributed by atoms with Crippen molar-refractivity contribution in [2.75, 3.05) is 19.3 Å². The van der Waals surface area contributed by atoms with E-state index < -0.39 is 16.1 Å². The minimum Gasteiger partial charge on any atom is -0.354 e. The summed E-state index contributed by atoms with van der Waals surface area (Å²) in [5.74, 6) is -0.479. The van der Waals surface area contributed by atoms with E-state index in [2.05, 4.69) is 10.0 Å². The second-order valence-corrected chi connectivity index (χ2v) is 6.49. The maximum Gasteiger partial charge on any atom is 0.236 e. The topological polar surface area (TPSA) is 101 Å². The molecule has 1 amide bonds. The molecule has 0 aliphatic heterocycles. The van der Waals surface area contributed by atoms with Crippen molar-refractivity contribution in [3.63, 3.8) is 0 Å². The summed E-state index contributed by atoms with van der Waals surface area (Å²) in [4.78, 5) is 11.7. The molecule has 0 radical (unpaired) electrons. The first-order chi connectivity index (χ1) is 9.44. The fraction of sp³-hybridized carbons (Fsp3) is 0.462. The molecule has 0 unspecified atom stereocenters. The number of rotatable bonds is 8. The first-order valence-corrected chi connectivity index (χ1v) is 8.08. The van der Waals surface area contributed by atoms with Crippen molar-refractivity contribution in [2.24, 2.45) is 5.73 Å². The highest BCUT2D eigenvalue weighted by Crippen LogP contribution is 2.03. The van der Waals surface area contributed by atoms with Gasteiger partial charge in [-0.15, -0.1) is 0 Å². The van der Waals surface area contributed by atoms with Gasteiger partial charge in [-0.1, -0.05) is 30.3 Å². The molecule has 0 saturated carbocycles. The average molecular weight is 299 g/mol. The smallest absolute Gasteiger partial charge is 0.236 e. The molecule has 1 atom stereocenters. The molecule has 0 aromatic heterocycles. The van der Waals surface area contributed by atoms with Gasteiger partial charge in [0.15, 0.2) is 0 Å². The number of amides is 1. The molecular weight excluding hydrogens is 278 g/mol. The number of hydrogen-bond acceptors (Lipinski definition) is 4. The molecule has 4 N–H and O–H groups in total. The molecule has 6 nitrogen and oxygen atoms in total. The molecule has 0 aliphatic rings. The van der Waals surface area contributed by atoms with Crippen LogP contribution in [0.15, 0.2) is 30.3 Å². The number of carbonyl (C=O) groups is 1. The largest absolute Gasteiger partial charge is 0.354 e. The van der Waals surface area contributed by atoms with Crippen LogP contribution in [0.1, 0.15) is 12.0 Å². The van der Waals surface area contributed by atoms with Crippen LogP contribution in [-0.4, -0.2) is 39.7 Å². The Morgan fingerprint density at radius 1 is 1.30 bits per heavy atom. The Hall–Kier alpha value is -1.44. The summed E-state index contributed by atoms with van der Waals surface area (Å²) >= 11 is 0. The van der Waals surface area contributed by atoms with E-state index in [1.807, 2.05) is 30.3 Å². The summed E-state index contributed by atoms with van der Waals surface area (Å²) in [6, 6.07) is 9.12. The summed E-state index contributed by atoms with van der Waals surface area (Å²) in [5, 5.41) is 2.53. The van der Waals surface area contributed by atoms with E-state index >= 15 is 0 Å². The van der Waals surface area contributed by atoms with Crippen molar-refractivity contribution in [1.29, 1.82) is 0 Å². The van der Waals surface area contributed by atoms with Gasteiger partial charge >= 0.3 is 0 Å². The molecule has 0 spiro atoms. The van der Waals surface area contributed by atoms with Gasteiger partial charge in [0.25, 0.3) is 0 Å². The lowest BCUT2D eigenvalue weighted by Crippen LogP contribution is -2.43. The van der Waals surface area contributed by atoms with Gasteiger partial charge in [0.05, 0.1) is 11.8 Å². The van der Waals surface area contributed by atoms with Crippen molar-refractivity contribution in [3.8, 4) is 0 Å². The van der Waals surface area contributed by atoms with Gasteiger partial charge < -0.3 is 11.1 Å². The molecule has 7 heteroatoms. The van der Waals surface area contributed by atoms with E-state index in [1.165, 1.54) is 7.05 Å². The van der Waals surface area contributed by atoms with Gasteiger partial charge in [-0.3, -0.25) is 4.79 Å². The Morgan fingerprint density at radius 2 is 1.95 bits per heavy atom. The molecule has 0 heterocycles. The number of hydrogen-bond donors (Lipinski definition) is 3. The Labute approximate surface area is 119 Å². The number of carbonyl (C=O) groups excluding carboxylic acids is 1. The lowest BCUT2D eigenvalue weighted by atomic mass is 10.1. The van der Waals surface area contributed by atoms with Crippen molar-refractivity contribution in [3.05, 3.63) is 35.9 Å². The van der Waals surface area contributed by atoms with Gasteiger partial charge in [0.1, 0.15) is 0 Å². The van der Waals surface area contributed by atoms with E-state index in [9.17, 15) is 13.2 Å². The van der Waals surface area contributed by atoms with Crippen molar-refractivity contribution >= 4 is 15.9 Å². The number of sulfonamides is 1. The molecule has 20 heavy (non-hydrogen) atoms. The molecule has 0 aliphatic carbocycles. The van der Waals surface area contributed by atoms with Crippen LogP contribution in [0.3, 0.4) is 0 Å². The maximum atomic E-state index is 11.7. The third-order valence-corrected chi connectivity index (χ3v) is 4.27. The highest BCUT2D eigenvalue weighted by Gasteiger charge is 2.14. The van der Waals surface area contributed by atoms with Crippen molar-refractivity contribution in [2.45, 2.75) is 18.9 Å². The Bertz CT molecular complexity index is 517. The Balaban J connectivity index is 2.29. The fourth-order valence-corrected chi connectivity index (χ4v) is 2.21. The SMILES string of the molecule is CNS(=O)(=O)CCNC(=O)[C@@H](N)CCc1ccccc1. The minimum atomic E-state index is -3.30. The van der Waals surface area contributed by atoms with Crippen LogP contribution in [0.5, 0.6) is 0 Å². The number of nitrogens with one attached hydrogen (secondary N) is 2. The number of nitrogens with two attached hydrogens (primary N) is 1. The van der Waals surface area contributed by atoms with Crippen LogP contribution in [0, 0.1) is 0 Å². The predicted octanol–water partition coefficient (Wildman–Crippen LogP) is -0.388. The van der Waals surface area contributed by atoms with Gasteiger partial charge in [-0.05, 0) is 25.5 Å². The maximum absolute atomic E-state index is 11.7. The summed E-state index contributed by atoms with van der Waals surface area (Å²) < 4.78 is 24.5. The molecule has 0 fully saturated rings. The van der Waals surface area contributed by atoms with E-state index in [-0.39, 0.29) is 18.2 Å². The van der Waals surface area contributed by atoms with E-state index in [0.717, 1.165) is 5.56 Å². The zero-order valence-electron chi connectivity index (χ0n) is 11.5. The standard InChI is InChI=1S/C13H21N3O3S/c1-15-20(18,19)10-9-16-13(17)12(14)8-7-11-5-3-2-4-6-11/h2-6,12,15H,7-10,14H2,1H3,(H,16,17)/t12-/m0/s1. The van der Waals surface area contributed by atoms with E-state index in [1.54, 1.807) is 0 Å². The van der Waals surface area contributed by atoms with Gasteiger partial charge in [0.2, 0.25) is 15.9 Å². The Morgan fingerprint density at radius 3 is 2.55 bits per heavy atom. The second-order valence-electron chi connectivity index (χ2n) is 4.44. The molecule has 1 aromatic carbocycles.